The third-order valence-corrected chi connectivity index (χ3v) is 3.80. The third kappa shape index (κ3) is 4.35. The van der Waals surface area contributed by atoms with E-state index >= 15 is 0 Å². The van der Waals surface area contributed by atoms with Gasteiger partial charge in [-0.25, -0.2) is 0 Å². The van der Waals surface area contributed by atoms with E-state index in [1.165, 1.54) is 38.8 Å². The second-order valence-electron chi connectivity index (χ2n) is 5.33. The fourth-order valence-corrected chi connectivity index (χ4v) is 2.61. The smallest absolute Gasteiger partial charge is 0.251 e. The summed E-state index contributed by atoms with van der Waals surface area (Å²) >= 11 is 0. The van der Waals surface area contributed by atoms with Gasteiger partial charge in [-0.2, -0.15) is 0 Å². The molecule has 1 saturated heterocycles. The Kier molecular flexibility index (Phi) is 5.40. The molecule has 2 rings (SSSR count). The SMILES string of the molecule is Cc1ccccc1C(=O)NCCN1CCCCCC1. The molecule has 0 unspecified atom stereocenters. The van der Waals surface area contributed by atoms with Crippen LogP contribution in [0, 0.1) is 6.92 Å². The van der Waals surface area contributed by atoms with Crippen LogP contribution in [-0.2, 0) is 0 Å². The van der Waals surface area contributed by atoms with Gasteiger partial charge in [0.1, 0.15) is 0 Å². The number of rotatable bonds is 4. The molecule has 1 aliphatic rings. The zero-order valence-corrected chi connectivity index (χ0v) is 11.8. The van der Waals surface area contributed by atoms with Gasteiger partial charge in [0.2, 0.25) is 0 Å². The van der Waals surface area contributed by atoms with Crippen molar-refractivity contribution in [2.75, 3.05) is 26.2 Å². The molecule has 3 nitrogen and oxygen atoms in total. The van der Waals surface area contributed by atoms with Gasteiger partial charge < -0.3 is 10.2 Å². The van der Waals surface area contributed by atoms with Gasteiger partial charge in [-0.05, 0) is 44.5 Å². The fraction of sp³-hybridized carbons (Fsp3) is 0.562. The molecular formula is C16H24N2O. The van der Waals surface area contributed by atoms with E-state index in [4.69, 9.17) is 0 Å². The first-order valence-corrected chi connectivity index (χ1v) is 7.33. The zero-order valence-electron chi connectivity index (χ0n) is 11.8. The molecule has 104 valence electrons. The summed E-state index contributed by atoms with van der Waals surface area (Å²) in [5.41, 5.74) is 1.83. The van der Waals surface area contributed by atoms with E-state index in [-0.39, 0.29) is 5.91 Å². The Balaban J connectivity index is 1.76. The van der Waals surface area contributed by atoms with E-state index in [9.17, 15) is 4.79 Å². The summed E-state index contributed by atoms with van der Waals surface area (Å²) in [6.45, 7) is 6.05. The fourth-order valence-electron chi connectivity index (χ4n) is 2.61. The molecule has 0 bridgehead atoms. The molecule has 1 aromatic carbocycles. The monoisotopic (exact) mass is 260 g/mol. The largest absolute Gasteiger partial charge is 0.351 e. The lowest BCUT2D eigenvalue weighted by Crippen LogP contribution is -2.35. The van der Waals surface area contributed by atoms with Crippen molar-refractivity contribution in [2.24, 2.45) is 0 Å². The number of benzene rings is 1. The Morgan fingerprint density at radius 1 is 1.16 bits per heavy atom. The highest BCUT2D eigenvalue weighted by Gasteiger charge is 2.10. The van der Waals surface area contributed by atoms with Crippen LogP contribution < -0.4 is 5.32 Å². The Morgan fingerprint density at radius 3 is 2.53 bits per heavy atom. The maximum absolute atomic E-state index is 12.0. The molecular weight excluding hydrogens is 236 g/mol. The van der Waals surface area contributed by atoms with Crippen molar-refractivity contribution < 1.29 is 4.79 Å². The standard InChI is InChI=1S/C16H24N2O/c1-14-8-4-5-9-15(14)16(19)17-10-13-18-11-6-2-3-7-12-18/h4-5,8-9H,2-3,6-7,10-13H2,1H3,(H,17,19). The van der Waals surface area contributed by atoms with Gasteiger partial charge >= 0.3 is 0 Å². The number of hydrogen-bond acceptors (Lipinski definition) is 2. The van der Waals surface area contributed by atoms with E-state index in [1.54, 1.807) is 0 Å². The van der Waals surface area contributed by atoms with Gasteiger partial charge in [-0.3, -0.25) is 4.79 Å². The first-order valence-electron chi connectivity index (χ1n) is 7.33. The van der Waals surface area contributed by atoms with Gasteiger partial charge in [0.15, 0.2) is 0 Å². The summed E-state index contributed by atoms with van der Waals surface area (Å²) in [6, 6.07) is 7.74. The summed E-state index contributed by atoms with van der Waals surface area (Å²) in [5.74, 6) is 0.0490. The number of nitrogens with zero attached hydrogens (tertiary/aromatic N) is 1. The Labute approximate surface area is 116 Å². The summed E-state index contributed by atoms with van der Waals surface area (Å²) in [4.78, 5) is 14.5. The summed E-state index contributed by atoms with van der Waals surface area (Å²) in [7, 11) is 0. The van der Waals surface area contributed by atoms with Crippen LogP contribution in [-0.4, -0.2) is 37.0 Å². The van der Waals surface area contributed by atoms with Crippen molar-refractivity contribution in [3.8, 4) is 0 Å². The Hall–Kier alpha value is -1.35. The molecule has 0 saturated carbocycles. The molecule has 0 spiro atoms. The average Bonchev–Trinajstić information content (AvgIpc) is 2.68. The first kappa shape index (κ1) is 14.1. The lowest BCUT2D eigenvalue weighted by Gasteiger charge is -2.19. The third-order valence-electron chi connectivity index (χ3n) is 3.80. The first-order chi connectivity index (χ1) is 9.27. The molecule has 0 atom stereocenters. The quantitative estimate of drug-likeness (QED) is 0.902. The second kappa shape index (κ2) is 7.29. The molecule has 3 heteroatoms. The van der Waals surface area contributed by atoms with E-state index in [0.717, 1.165) is 24.2 Å². The van der Waals surface area contributed by atoms with Gasteiger partial charge in [-0.15, -0.1) is 0 Å². The number of likely N-dealkylation sites (tertiary alicyclic amines) is 1. The number of carbonyl (C=O) groups excluding carboxylic acids is 1. The van der Waals surface area contributed by atoms with Crippen molar-refractivity contribution in [2.45, 2.75) is 32.6 Å². The van der Waals surface area contributed by atoms with Crippen LogP contribution in [0.15, 0.2) is 24.3 Å². The highest BCUT2D eigenvalue weighted by atomic mass is 16.1. The maximum atomic E-state index is 12.0. The van der Waals surface area contributed by atoms with Gasteiger partial charge in [0, 0.05) is 18.7 Å². The van der Waals surface area contributed by atoms with Gasteiger partial charge in [0.05, 0.1) is 0 Å². The lowest BCUT2D eigenvalue weighted by molar-refractivity contribution is 0.0948. The predicted octanol–water partition coefficient (Wildman–Crippen LogP) is 2.60. The maximum Gasteiger partial charge on any atom is 0.251 e. The van der Waals surface area contributed by atoms with E-state index < -0.39 is 0 Å². The number of aryl methyl sites for hydroxylation is 1. The molecule has 1 amide bonds. The number of nitrogens with one attached hydrogen (secondary N) is 1. The van der Waals surface area contributed by atoms with Gasteiger partial charge in [0.25, 0.3) is 5.91 Å². The van der Waals surface area contributed by atoms with Crippen molar-refractivity contribution >= 4 is 5.91 Å². The highest BCUT2D eigenvalue weighted by Crippen LogP contribution is 2.09. The van der Waals surface area contributed by atoms with E-state index in [2.05, 4.69) is 10.2 Å². The second-order valence-corrected chi connectivity index (χ2v) is 5.33. The number of carbonyl (C=O) groups is 1. The Morgan fingerprint density at radius 2 is 1.84 bits per heavy atom. The molecule has 1 aromatic rings. The lowest BCUT2D eigenvalue weighted by atomic mass is 10.1. The minimum absolute atomic E-state index is 0.0490. The van der Waals surface area contributed by atoms with Crippen LogP contribution in [0.4, 0.5) is 0 Å². The minimum atomic E-state index is 0.0490. The Bertz CT molecular complexity index is 409. The van der Waals surface area contributed by atoms with Gasteiger partial charge in [-0.1, -0.05) is 31.0 Å². The normalized spacial score (nSPS) is 16.9. The van der Waals surface area contributed by atoms with Crippen molar-refractivity contribution in [1.29, 1.82) is 0 Å². The number of hydrogen-bond donors (Lipinski definition) is 1. The van der Waals surface area contributed by atoms with Crippen LogP contribution in [0.5, 0.6) is 0 Å². The molecule has 0 aliphatic carbocycles. The summed E-state index contributed by atoms with van der Waals surface area (Å²) in [5, 5.41) is 3.03. The molecule has 1 heterocycles. The van der Waals surface area contributed by atoms with Crippen molar-refractivity contribution in [3.63, 3.8) is 0 Å². The molecule has 0 aromatic heterocycles. The summed E-state index contributed by atoms with van der Waals surface area (Å²) < 4.78 is 0. The van der Waals surface area contributed by atoms with Crippen molar-refractivity contribution in [1.82, 2.24) is 10.2 Å². The highest BCUT2D eigenvalue weighted by molar-refractivity contribution is 5.95. The zero-order chi connectivity index (χ0) is 13.5. The molecule has 1 N–H and O–H groups in total. The molecule has 0 radical (unpaired) electrons. The predicted molar refractivity (Wildman–Crippen MR) is 78.4 cm³/mol. The topological polar surface area (TPSA) is 32.3 Å². The molecule has 19 heavy (non-hydrogen) atoms. The van der Waals surface area contributed by atoms with Crippen LogP contribution in [0.1, 0.15) is 41.6 Å². The number of amides is 1. The van der Waals surface area contributed by atoms with Crippen LogP contribution in [0.3, 0.4) is 0 Å². The molecule has 1 fully saturated rings. The minimum Gasteiger partial charge on any atom is -0.351 e. The van der Waals surface area contributed by atoms with Crippen LogP contribution in [0.25, 0.3) is 0 Å². The molecule has 1 aliphatic heterocycles. The summed E-state index contributed by atoms with van der Waals surface area (Å²) in [6.07, 6.45) is 5.30. The van der Waals surface area contributed by atoms with Crippen molar-refractivity contribution in [3.05, 3.63) is 35.4 Å². The van der Waals surface area contributed by atoms with E-state index in [0.29, 0.717) is 0 Å². The van der Waals surface area contributed by atoms with Crippen LogP contribution in [0.2, 0.25) is 0 Å². The van der Waals surface area contributed by atoms with Crippen LogP contribution >= 0.6 is 0 Å². The van der Waals surface area contributed by atoms with E-state index in [1.807, 2.05) is 31.2 Å². The average molecular weight is 260 g/mol.